The van der Waals surface area contributed by atoms with Crippen molar-refractivity contribution in [2.75, 3.05) is 19.6 Å². The van der Waals surface area contributed by atoms with Gasteiger partial charge in [0.15, 0.2) is 0 Å². The minimum absolute atomic E-state index is 0.0524. The zero-order valence-corrected chi connectivity index (χ0v) is 10.3. The Labute approximate surface area is 101 Å². The summed E-state index contributed by atoms with van der Waals surface area (Å²) < 4.78 is 37.6. The van der Waals surface area contributed by atoms with E-state index in [9.17, 15) is 13.2 Å². The fourth-order valence-corrected chi connectivity index (χ4v) is 2.74. The van der Waals surface area contributed by atoms with Crippen LogP contribution in [0.3, 0.4) is 0 Å². The lowest BCUT2D eigenvalue weighted by Gasteiger charge is -2.41. The summed E-state index contributed by atoms with van der Waals surface area (Å²) in [5.41, 5.74) is 0. The van der Waals surface area contributed by atoms with Crippen LogP contribution in [-0.2, 0) is 0 Å². The highest BCUT2D eigenvalue weighted by Crippen LogP contribution is 2.35. The number of halogens is 3. The van der Waals surface area contributed by atoms with Crippen molar-refractivity contribution in [2.24, 2.45) is 5.92 Å². The Morgan fingerprint density at radius 2 is 2.00 bits per heavy atom. The summed E-state index contributed by atoms with van der Waals surface area (Å²) in [6.07, 6.45) is 0.0681. The van der Waals surface area contributed by atoms with Gasteiger partial charge in [0.05, 0.1) is 6.54 Å². The molecule has 5 heteroatoms. The molecule has 1 aliphatic carbocycles. The number of piperazine rings is 1. The van der Waals surface area contributed by atoms with Crippen molar-refractivity contribution < 1.29 is 13.2 Å². The van der Waals surface area contributed by atoms with Crippen LogP contribution >= 0.6 is 0 Å². The lowest BCUT2D eigenvalue weighted by molar-refractivity contribution is -0.154. The van der Waals surface area contributed by atoms with Gasteiger partial charge < -0.3 is 5.32 Å². The third-order valence-corrected chi connectivity index (χ3v) is 3.76. The van der Waals surface area contributed by atoms with Crippen molar-refractivity contribution in [2.45, 2.75) is 50.9 Å². The van der Waals surface area contributed by atoms with E-state index in [4.69, 9.17) is 0 Å². The van der Waals surface area contributed by atoms with Crippen LogP contribution in [0, 0.1) is 5.92 Å². The Hall–Kier alpha value is -0.290. The van der Waals surface area contributed by atoms with Crippen LogP contribution < -0.4 is 5.32 Å². The van der Waals surface area contributed by atoms with Crippen LogP contribution in [0.25, 0.3) is 0 Å². The van der Waals surface area contributed by atoms with Crippen LogP contribution in [0.15, 0.2) is 0 Å². The van der Waals surface area contributed by atoms with Gasteiger partial charge in [-0.05, 0) is 25.2 Å². The first kappa shape index (κ1) is 13.1. The van der Waals surface area contributed by atoms with E-state index in [2.05, 4.69) is 5.32 Å². The van der Waals surface area contributed by atoms with Crippen LogP contribution in [0.4, 0.5) is 13.2 Å². The Bertz CT molecular complexity index is 251. The van der Waals surface area contributed by atoms with Crippen molar-refractivity contribution in [3.63, 3.8) is 0 Å². The molecule has 2 nitrogen and oxygen atoms in total. The molecule has 1 saturated heterocycles. The SMILES string of the molecule is CCCC1CNC(C2CC2)CN1CC(F)(F)F. The molecule has 0 aromatic heterocycles. The Morgan fingerprint density at radius 3 is 2.53 bits per heavy atom. The van der Waals surface area contributed by atoms with E-state index in [1.807, 2.05) is 6.92 Å². The van der Waals surface area contributed by atoms with E-state index < -0.39 is 12.7 Å². The van der Waals surface area contributed by atoms with Gasteiger partial charge in [0.1, 0.15) is 0 Å². The van der Waals surface area contributed by atoms with E-state index in [-0.39, 0.29) is 12.1 Å². The molecular weight excluding hydrogens is 229 g/mol. The van der Waals surface area contributed by atoms with Crippen molar-refractivity contribution in [1.29, 1.82) is 0 Å². The van der Waals surface area contributed by atoms with Gasteiger partial charge in [-0.25, -0.2) is 0 Å². The standard InChI is InChI=1S/C12H21F3N2/c1-2-3-10-6-16-11(9-4-5-9)7-17(10)8-12(13,14)15/h9-11,16H,2-8H2,1H3. The van der Waals surface area contributed by atoms with E-state index in [1.165, 1.54) is 12.8 Å². The first-order valence-electron chi connectivity index (χ1n) is 6.54. The van der Waals surface area contributed by atoms with Gasteiger partial charge in [0, 0.05) is 25.2 Å². The summed E-state index contributed by atoms with van der Waals surface area (Å²) >= 11 is 0. The Kier molecular flexibility index (Phi) is 3.98. The first-order chi connectivity index (χ1) is 7.99. The minimum atomic E-state index is -4.07. The molecule has 17 heavy (non-hydrogen) atoms. The number of hydrogen-bond acceptors (Lipinski definition) is 2. The zero-order valence-electron chi connectivity index (χ0n) is 10.3. The van der Waals surface area contributed by atoms with Crippen molar-refractivity contribution in [3.8, 4) is 0 Å². The fraction of sp³-hybridized carbons (Fsp3) is 1.00. The highest BCUT2D eigenvalue weighted by Gasteiger charge is 2.40. The molecule has 1 heterocycles. The molecule has 1 N–H and O–H groups in total. The summed E-state index contributed by atoms with van der Waals surface area (Å²) in [5, 5.41) is 3.42. The normalized spacial score (nSPS) is 31.8. The van der Waals surface area contributed by atoms with Crippen LogP contribution in [0.5, 0.6) is 0 Å². The molecule has 2 unspecified atom stereocenters. The summed E-state index contributed by atoms with van der Waals surface area (Å²) in [6, 6.07) is 0.335. The second kappa shape index (κ2) is 5.14. The molecular formula is C12H21F3N2. The summed E-state index contributed by atoms with van der Waals surface area (Å²) in [5.74, 6) is 0.619. The van der Waals surface area contributed by atoms with Crippen molar-refractivity contribution in [3.05, 3.63) is 0 Å². The maximum absolute atomic E-state index is 12.5. The van der Waals surface area contributed by atoms with Crippen molar-refractivity contribution >= 4 is 0 Å². The highest BCUT2D eigenvalue weighted by atomic mass is 19.4. The molecule has 1 saturated carbocycles. The van der Waals surface area contributed by atoms with E-state index in [0.717, 1.165) is 12.8 Å². The molecule has 0 amide bonds. The summed E-state index contributed by atoms with van der Waals surface area (Å²) in [4.78, 5) is 1.64. The van der Waals surface area contributed by atoms with Gasteiger partial charge >= 0.3 is 6.18 Å². The lowest BCUT2D eigenvalue weighted by atomic mass is 10.0. The number of rotatable bonds is 4. The largest absolute Gasteiger partial charge is 0.401 e. The molecule has 100 valence electrons. The van der Waals surface area contributed by atoms with Gasteiger partial charge in [-0.15, -0.1) is 0 Å². The lowest BCUT2D eigenvalue weighted by Crippen LogP contribution is -2.58. The molecule has 0 aromatic carbocycles. The molecule has 0 aromatic rings. The van der Waals surface area contributed by atoms with E-state index in [0.29, 0.717) is 19.0 Å². The second-order valence-electron chi connectivity index (χ2n) is 5.34. The smallest absolute Gasteiger partial charge is 0.311 e. The monoisotopic (exact) mass is 250 g/mol. The van der Waals surface area contributed by atoms with Crippen LogP contribution in [-0.4, -0.2) is 42.8 Å². The maximum Gasteiger partial charge on any atom is 0.401 e. The topological polar surface area (TPSA) is 15.3 Å². The second-order valence-corrected chi connectivity index (χ2v) is 5.34. The average molecular weight is 250 g/mol. The molecule has 0 radical (unpaired) electrons. The van der Waals surface area contributed by atoms with Crippen LogP contribution in [0.1, 0.15) is 32.6 Å². The predicted molar refractivity (Wildman–Crippen MR) is 60.8 cm³/mol. The molecule has 2 fully saturated rings. The number of nitrogens with zero attached hydrogens (tertiary/aromatic N) is 1. The average Bonchev–Trinajstić information content (AvgIpc) is 3.02. The minimum Gasteiger partial charge on any atom is -0.311 e. The van der Waals surface area contributed by atoms with Gasteiger partial charge in [0.25, 0.3) is 0 Å². The molecule has 2 atom stereocenters. The number of hydrogen-bond donors (Lipinski definition) is 1. The highest BCUT2D eigenvalue weighted by molar-refractivity contribution is 4.94. The maximum atomic E-state index is 12.5. The fourth-order valence-electron chi connectivity index (χ4n) is 2.74. The van der Waals surface area contributed by atoms with E-state index in [1.54, 1.807) is 4.90 Å². The Balaban J connectivity index is 1.93. The van der Waals surface area contributed by atoms with Crippen LogP contribution in [0.2, 0.25) is 0 Å². The number of nitrogens with one attached hydrogen (secondary N) is 1. The molecule has 0 spiro atoms. The molecule has 2 rings (SSSR count). The van der Waals surface area contributed by atoms with Gasteiger partial charge in [0.2, 0.25) is 0 Å². The van der Waals surface area contributed by atoms with Gasteiger partial charge in [-0.3, -0.25) is 4.90 Å². The van der Waals surface area contributed by atoms with Crippen molar-refractivity contribution in [1.82, 2.24) is 10.2 Å². The third-order valence-electron chi connectivity index (χ3n) is 3.76. The number of alkyl halides is 3. The van der Waals surface area contributed by atoms with E-state index >= 15 is 0 Å². The molecule has 0 bridgehead atoms. The third kappa shape index (κ3) is 3.85. The summed E-state index contributed by atoms with van der Waals surface area (Å²) in [6.45, 7) is 2.56. The zero-order chi connectivity index (χ0) is 12.5. The van der Waals surface area contributed by atoms with Gasteiger partial charge in [-0.1, -0.05) is 13.3 Å². The predicted octanol–water partition coefficient (Wildman–Crippen LogP) is 2.40. The molecule has 2 aliphatic rings. The molecule has 1 aliphatic heterocycles. The quantitative estimate of drug-likeness (QED) is 0.824. The Morgan fingerprint density at radius 1 is 1.29 bits per heavy atom. The first-order valence-corrected chi connectivity index (χ1v) is 6.54. The summed E-state index contributed by atoms with van der Waals surface area (Å²) in [7, 11) is 0. The van der Waals surface area contributed by atoms with Gasteiger partial charge in [-0.2, -0.15) is 13.2 Å².